The molecule has 0 aliphatic rings. The van der Waals surface area contributed by atoms with Crippen molar-refractivity contribution in [3.05, 3.63) is 65.4 Å². The van der Waals surface area contributed by atoms with Crippen molar-refractivity contribution in [2.75, 3.05) is 0 Å². The Morgan fingerprint density at radius 3 is 1.83 bits per heavy atom. The Balaban J connectivity index is 2.23. The summed E-state index contributed by atoms with van der Waals surface area (Å²) in [6.45, 7) is 10.5. The molecule has 0 fully saturated rings. The molecule has 0 aliphatic heterocycles. The number of aryl methyl sites for hydroxylation is 2. The van der Waals surface area contributed by atoms with E-state index in [-0.39, 0.29) is 11.3 Å². The molecule has 0 unspecified atom stereocenters. The lowest BCUT2D eigenvalue weighted by Crippen LogP contribution is -2.14. The Morgan fingerprint density at radius 1 is 0.833 bits per heavy atom. The third-order valence-corrected chi connectivity index (χ3v) is 4.19. The van der Waals surface area contributed by atoms with Gasteiger partial charge in [0.1, 0.15) is 0 Å². The standard InChI is InChI=1S/C21H24N2O/c1-14-6-10-16(11-7-14)18-19(21(3,4)5)22-23(20(18)24)17-12-8-15(2)9-13-17/h6-13,24H,1-5H3. The number of hydrogen-bond acceptors (Lipinski definition) is 2. The summed E-state index contributed by atoms with van der Waals surface area (Å²) in [6.07, 6.45) is 0. The lowest BCUT2D eigenvalue weighted by Gasteiger charge is -2.17. The van der Waals surface area contributed by atoms with Gasteiger partial charge in [0.05, 0.1) is 16.9 Å². The van der Waals surface area contributed by atoms with Crippen LogP contribution in [0.4, 0.5) is 0 Å². The maximum atomic E-state index is 10.9. The van der Waals surface area contributed by atoms with Gasteiger partial charge in [0.25, 0.3) is 0 Å². The predicted octanol–water partition coefficient (Wildman–Crippen LogP) is 5.16. The highest BCUT2D eigenvalue weighted by Crippen LogP contribution is 2.40. The fourth-order valence-electron chi connectivity index (χ4n) is 2.79. The molecule has 3 heteroatoms. The highest BCUT2D eigenvalue weighted by molar-refractivity contribution is 5.73. The van der Waals surface area contributed by atoms with Gasteiger partial charge in [-0.15, -0.1) is 0 Å². The highest BCUT2D eigenvalue weighted by Gasteiger charge is 2.28. The van der Waals surface area contributed by atoms with Gasteiger partial charge in [0, 0.05) is 5.41 Å². The van der Waals surface area contributed by atoms with Gasteiger partial charge >= 0.3 is 0 Å². The van der Waals surface area contributed by atoms with E-state index in [9.17, 15) is 5.11 Å². The van der Waals surface area contributed by atoms with Crippen molar-refractivity contribution >= 4 is 0 Å². The van der Waals surface area contributed by atoms with Crippen LogP contribution in [0.1, 0.15) is 37.6 Å². The quantitative estimate of drug-likeness (QED) is 0.708. The minimum absolute atomic E-state index is 0.173. The van der Waals surface area contributed by atoms with E-state index in [4.69, 9.17) is 5.10 Å². The lowest BCUT2D eigenvalue weighted by atomic mass is 9.87. The zero-order valence-electron chi connectivity index (χ0n) is 15.0. The molecule has 1 heterocycles. The summed E-state index contributed by atoms with van der Waals surface area (Å²) >= 11 is 0. The van der Waals surface area contributed by atoms with Crippen LogP contribution in [0.3, 0.4) is 0 Å². The summed E-state index contributed by atoms with van der Waals surface area (Å²) in [7, 11) is 0. The fourth-order valence-corrected chi connectivity index (χ4v) is 2.79. The molecule has 0 spiro atoms. The molecule has 3 nitrogen and oxygen atoms in total. The SMILES string of the molecule is Cc1ccc(-c2c(C(C)(C)C)nn(-c3ccc(C)cc3)c2O)cc1. The molecule has 0 aliphatic carbocycles. The van der Waals surface area contributed by atoms with E-state index in [0.717, 1.165) is 22.5 Å². The van der Waals surface area contributed by atoms with Gasteiger partial charge in [-0.3, -0.25) is 0 Å². The Hall–Kier alpha value is -2.55. The Kier molecular flexibility index (Phi) is 3.96. The third kappa shape index (κ3) is 2.94. The molecule has 0 atom stereocenters. The molecule has 0 amide bonds. The Morgan fingerprint density at radius 2 is 1.33 bits per heavy atom. The minimum Gasteiger partial charge on any atom is -0.493 e. The summed E-state index contributed by atoms with van der Waals surface area (Å²) in [5.74, 6) is 0.188. The van der Waals surface area contributed by atoms with Gasteiger partial charge in [-0.2, -0.15) is 5.10 Å². The van der Waals surface area contributed by atoms with Crippen molar-refractivity contribution in [1.82, 2.24) is 9.78 Å². The zero-order chi connectivity index (χ0) is 17.5. The van der Waals surface area contributed by atoms with Crippen LogP contribution in [0.15, 0.2) is 48.5 Å². The Labute approximate surface area is 143 Å². The van der Waals surface area contributed by atoms with Crippen LogP contribution in [-0.4, -0.2) is 14.9 Å². The monoisotopic (exact) mass is 320 g/mol. The van der Waals surface area contributed by atoms with Crippen LogP contribution in [0.2, 0.25) is 0 Å². The minimum atomic E-state index is -0.173. The van der Waals surface area contributed by atoms with Crippen molar-refractivity contribution in [1.29, 1.82) is 0 Å². The summed E-state index contributed by atoms with van der Waals surface area (Å²) in [5.41, 5.74) is 5.76. The second kappa shape index (κ2) is 5.82. The number of aromatic nitrogens is 2. The van der Waals surface area contributed by atoms with Gasteiger partial charge in [0.15, 0.2) is 0 Å². The van der Waals surface area contributed by atoms with E-state index in [1.165, 1.54) is 11.1 Å². The molecular formula is C21H24N2O. The molecule has 124 valence electrons. The first-order valence-corrected chi connectivity index (χ1v) is 8.24. The maximum Gasteiger partial charge on any atom is 0.222 e. The normalized spacial score (nSPS) is 11.7. The lowest BCUT2D eigenvalue weighted by molar-refractivity contribution is 0.435. The van der Waals surface area contributed by atoms with E-state index in [1.807, 2.05) is 43.3 Å². The first kappa shape index (κ1) is 16.3. The molecule has 0 saturated heterocycles. The Bertz CT molecular complexity index is 851. The number of hydrogen-bond donors (Lipinski definition) is 1. The molecule has 24 heavy (non-hydrogen) atoms. The molecule has 0 bridgehead atoms. The average Bonchev–Trinajstić information content (AvgIpc) is 2.87. The molecule has 1 N–H and O–H groups in total. The molecule has 2 aromatic carbocycles. The zero-order valence-corrected chi connectivity index (χ0v) is 15.0. The molecule has 1 aromatic heterocycles. The van der Waals surface area contributed by atoms with E-state index < -0.39 is 0 Å². The molecule has 3 aromatic rings. The molecule has 0 saturated carbocycles. The maximum absolute atomic E-state index is 10.9. The summed E-state index contributed by atoms with van der Waals surface area (Å²) in [6, 6.07) is 16.2. The first-order valence-electron chi connectivity index (χ1n) is 8.24. The van der Waals surface area contributed by atoms with Crippen molar-refractivity contribution in [3.8, 4) is 22.7 Å². The number of nitrogens with zero attached hydrogens (tertiary/aromatic N) is 2. The summed E-state index contributed by atoms with van der Waals surface area (Å²) in [4.78, 5) is 0. The van der Waals surface area contributed by atoms with E-state index in [2.05, 4.69) is 39.8 Å². The van der Waals surface area contributed by atoms with Crippen molar-refractivity contribution in [2.24, 2.45) is 0 Å². The van der Waals surface area contributed by atoms with Crippen LogP contribution in [-0.2, 0) is 5.41 Å². The van der Waals surface area contributed by atoms with E-state index in [1.54, 1.807) is 4.68 Å². The van der Waals surface area contributed by atoms with Gasteiger partial charge in [-0.05, 0) is 31.5 Å². The van der Waals surface area contributed by atoms with Gasteiger partial charge < -0.3 is 5.11 Å². The average molecular weight is 320 g/mol. The van der Waals surface area contributed by atoms with Crippen LogP contribution < -0.4 is 0 Å². The highest BCUT2D eigenvalue weighted by atomic mass is 16.3. The topological polar surface area (TPSA) is 38.0 Å². The van der Waals surface area contributed by atoms with Crippen LogP contribution in [0.25, 0.3) is 16.8 Å². The summed E-state index contributed by atoms with van der Waals surface area (Å²) < 4.78 is 1.63. The largest absolute Gasteiger partial charge is 0.493 e. The smallest absolute Gasteiger partial charge is 0.222 e. The van der Waals surface area contributed by atoms with Crippen LogP contribution in [0.5, 0.6) is 5.88 Å². The first-order chi connectivity index (χ1) is 11.3. The number of rotatable bonds is 2. The third-order valence-electron chi connectivity index (χ3n) is 4.19. The van der Waals surface area contributed by atoms with Gasteiger partial charge in [-0.1, -0.05) is 68.3 Å². The van der Waals surface area contributed by atoms with Gasteiger partial charge in [-0.25, -0.2) is 4.68 Å². The molecular weight excluding hydrogens is 296 g/mol. The second-order valence-electron chi connectivity index (χ2n) is 7.41. The predicted molar refractivity (Wildman–Crippen MR) is 98.8 cm³/mol. The van der Waals surface area contributed by atoms with Crippen LogP contribution in [0, 0.1) is 13.8 Å². The summed E-state index contributed by atoms with van der Waals surface area (Å²) in [5, 5.41) is 15.7. The van der Waals surface area contributed by atoms with E-state index >= 15 is 0 Å². The second-order valence-corrected chi connectivity index (χ2v) is 7.41. The van der Waals surface area contributed by atoms with Crippen LogP contribution >= 0.6 is 0 Å². The van der Waals surface area contributed by atoms with E-state index in [0.29, 0.717) is 0 Å². The number of aromatic hydroxyl groups is 1. The fraction of sp³-hybridized carbons (Fsp3) is 0.286. The van der Waals surface area contributed by atoms with Crippen molar-refractivity contribution in [2.45, 2.75) is 40.0 Å². The van der Waals surface area contributed by atoms with Crippen molar-refractivity contribution < 1.29 is 5.11 Å². The molecule has 0 radical (unpaired) electrons. The number of benzene rings is 2. The van der Waals surface area contributed by atoms with Crippen molar-refractivity contribution in [3.63, 3.8) is 0 Å². The molecule has 3 rings (SSSR count). The van der Waals surface area contributed by atoms with Gasteiger partial charge in [0.2, 0.25) is 5.88 Å².